The van der Waals surface area contributed by atoms with Crippen LogP contribution in [0.3, 0.4) is 0 Å². The molecule has 1 heterocycles. The predicted octanol–water partition coefficient (Wildman–Crippen LogP) is 3.46. The number of hydrogen-bond donors (Lipinski definition) is 2. The molecule has 0 bridgehead atoms. The molecule has 2 atom stereocenters. The second-order valence-corrected chi connectivity index (χ2v) is 6.85. The van der Waals surface area contributed by atoms with Gasteiger partial charge in [-0.3, -0.25) is 0 Å². The van der Waals surface area contributed by atoms with Gasteiger partial charge in [-0.1, -0.05) is 55.8 Å². The van der Waals surface area contributed by atoms with Gasteiger partial charge in [0.1, 0.15) is 0 Å². The highest BCUT2D eigenvalue weighted by Crippen LogP contribution is 2.42. The van der Waals surface area contributed by atoms with Gasteiger partial charge in [-0.25, -0.2) is 0 Å². The van der Waals surface area contributed by atoms with E-state index in [4.69, 9.17) is 0 Å². The minimum Gasteiger partial charge on any atom is -0.317 e. The van der Waals surface area contributed by atoms with E-state index in [1.54, 1.807) is 5.57 Å². The first-order valence-corrected chi connectivity index (χ1v) is 8.47. The van der Waals surface area contributed by atoms with Gasteiger partial charge in [0.15, 0.2) is 0 Å². The van der Waals surface area contributed by atoms with Crippen molar-refractivity contribution in [3.63, 3.8) is 0 Å². The molecule has 2 heteroatoms. The zero-order valence-corrected chi connectivity index (χ0v) is 13.3. The lowest BCUT2D eigenvalue weighted by Gasteiger charge is -2.24. The van der Waals surface area contributed by atoms with Crippen molar-refractivity contribution in [3.8, 4) is 0 Å². The predicted molar refractivity (Wildman–Crippen MR) is 90.2 cm³/mol. The van der Waals surface area contributed by atoms with Gasteiger partial charge in [0.05, 0.1) is 0 Å². The molecule has 0 aromatic heterocycles. The lowest BCUT2D eigenvalue weighted by molar-refractivity contribution is 0.380. The number of benzene rings is 1. The summed E-state index contributed by atoms with van der Waals surface area (Å²) >= 11 is 0. The molecule has 0 amide bonds. The van der Waals surface area contributed by atoms with E-state index in [9.17, 15) is 0 Å². The van der Waals surface area contributed by atoms with Gasteiger partial charge in [0, 0.05) is 12.1 Å². The van der Waals surface area contributed by atoms with E-state index < -0.39 is 0 Å². The molecule has 21 heavy (non-hydrogen) atoms. The van der Waals surface area contributed by atoms with Crippen LogP contribution in [0.2, 0.25) is 0 Å². The second-order valence-electron chi connectivity index (χ2n) is 6.85. The average Bonchev–Trinajstić information content (AvgIpc) is 3.25. The Kier molecular flexibility index (Phi) is 4.77. The Hall–Kier alpha value is -1.12. The largest absolute Gasteiger partial charge is 0.317 e. The Balaban J connectivity index is 1.62. The lowest BCUT2D eigenvalue weighted by Crippen LogP contribution is -2.41. The van der Waals surface area contributed by atoms with Crippen molar-refractivity contribution in [2.45, 2.75) is 45.2 Å². The lowest BCUT2D eigenvalue weighted by atomic mass is 9.95. The monoisotopic (exact) mass is 284 g/mol. The summed E-state index contributed by atoms with van der Waals surface area (Å²) in [7, 11) is 0. The number of piperidine rings is 1. The van der Waals surface area contributed by atoms with Crippen molar-refractivity contribution in [2.75, 3.05) is 13.1 Å². The van der Waals surface area contributed by atoms with Crippen molar-refractivity contribution < 1.29 is 0 Å². The highest BCUT2D eigenvalue weighted by Gasteiger charge is 2.41. The Labute approximate surface area is 129 Å². The molecule has 1 aromatic rings. The number of hydrogen-bond acceptors (Lipinski definition) is 2. The summed E-state index contributed by atoms with van der Waals surface area (Å²) in [6.07, 6.45) is 6.30. The second kappa shape index (κ2) is 6.76. The number of nitrogens with one attached hydrogen (secondary N) is 2. The van der Waals surface area contributed by atoms with Crippen LogP contribution >= 0.6 is 0 Å². The molecule has 1 saturated carbocycles. The molecule has 1 aromatic carbocycles. The van der Waals surface area contributed by atoms with Gasteiger partial charge in [0.25, 0.3) is 0 Å². The summed E-state index contributed by atoms with van der Waals surface area (Å²) in [6.45, 7) is 7.00. The van der Waals surface area contributed by atoms with E-state index in [1.165, 1.54) is 37.9 Å². The molecule has 114 valence electrons. The quantitative estimate of drug-likeness (QED) is 0.865. The third-order valence-corrected chi connectivity index (χ3v) is 4.81. The van der Waals surface area contributed by atoms with Crippen LogP contribution in [0.5, 0.6) is 0 Å². The minimum atomic E-state index is 0.634. The molecule has 0 radical (unpaired) electrons. The molecular weight excluding hydrogens is 256 g/mol. The third-order valence-electron chi connectivity index (χ3n) is 4.81. The maximum atomic E-state index is 3.88. The van der Waals surface area contributed by atoms with Crippen molar-refractivity contribution in [2.24, 2.45) is 11.8 Å². The Morgan fingerprint density at radius 3 is 2.57 bits per heavy atom. The minimum absolute atomic E-state index is 0.634. The molecule has 2 aliphatic rings. The van der Waals surface area contributed by atoms with Gasteiger partial charge in [-0.05, 0) is 49.8 Å². The van der Waals surface area contributed by atoms with Crippen LogP contribution in [0.15, 0.2) is 35.9 Å². The summed E-state index contributed by atoms with van der Waals surface area (Å²) in [4.78, 5) is 0. The van der Waals surface area contributed by atoms with Gasteiger partial charge >= 0.3 is 0 Å². The first-order valence-electron chi connectivity index (χ1n) is 8.47. The van der Waals surface area contributed by atoms with Crippen LogP contribution in [-0.2, 0) is 0 Å². The normalized spacial score (nSPS) is 27.1. The highest BCUT2D eigenvalue weighted by atomic mass is 15.0. The Morgan fingerprint density at radius 1 is 1.19 bits per heavy atom. The summed E-state index contributed by atoms with van der Waals surface area (Å²) in [5, 5.41) is 7.33. The molecule has 1 saturated heterocycles. The van der Waals surface area contributed by atoms with Crippen LogP contribution in [-0.4, -0.2) is 25.2 Å². The van der Waals surface area contributed by atoms with Crippen LogP contribution in [0.1, 0.15) is 38.7 Å². The molecule has 2 N–H and O–H groups in total. The third kappa shape index (κ3) is 3.96. The van der Waals surface area contributed by atoms with Crippen LogP contribution in [0, 0.1) is 11.8 Å². The van der Waals surface area contributed by atoms with Gasteiger partial charge in [0.2, 0.25) is 0 Å². The van der Waals surface area contributed by atoms with E-state index in [1.807, 2.05) is 0 Å². The molecule has 1 aliphatic heterocycles. The standard InChI is InChI=1S/C19H28N2/c1-14(2)17(12-15-6-4-3-5-7-15)18-13-19(18)21-16-8-10-20-11-9-16/h3-7,12,14,16,18-21H,8-11,13H2,1-2H3/b17-12+. The molecular formula is C19H28N2. The first-order chi connectivity index (χ1) is 10.2. The molecule has 3 rings (SSSR count). The molecule has 2 nitrogen and oxygen atoms in total. The summed E-state index contributed by atoms with van der Waals surface area (Å²) < 4.78 is 0. The van der Waals surface area contributed by atoms with Crippen molar-refractivity contribution >= 4 is 6.08 Å². The smallest absolute Gasteiger partial charge is 0.0142 e. The highest BCUT2D eigenvalue weighted by molar-refractivity contribution is 5.55. The van der Waals surface area contributed by atoms with Crippen LogP contribution < -0.4 is 10.6 Å². The van der Waals surface area contributed by atoms with Crippen LogP contribution in [0.4, 0.5) is 0 Å². The molecule has 0 spiro atoms. The Bertz CT molecular complexity index is 472. The van der Waals surface area contributed by atoms with Gasteiger partial charge < -0.3 is 10.6 Å². The van der Waals surface area contributed by atoms with E-state index >= 15 is 0 Å². The summed E-state index contributed by atoms with van der Waals surface area (Å²) in [5.74, 6) is 1.38. The molecule has 1 aliphatic carbocycles. The van der Waals surface area contributed by atoms with Crippen molar-refractivity contribution in [1.82, 2.24) is 10.6 Å². The first kappa shape index (κ1) is 14.8. The maximum absolute atomic E-state index is 3.88. The van der Waals surface area contributed by atoms with E-state index in [-0.39, 0.29) is 0 Å². The fourth-order valence-electron chi connectivity index (χ4n) is 3.48. The SMILES string of the molecule is CC(C)/C(=C\c1ccccc1)C1CC1NC1CCNCC1. The summed E-state index contributed by atoms with van der Waals surface area (Å²) in [5.41, 5.74) is 2.96. The number of rotatable bonds is 5. The maximum Gasteiger partial charge on any atom is 0.0142 e. The molecule has 2 unspecified atom stereocenters. The topological polar surface area (TPSA) is 24.1 Å². The van der Waals surface area contributed by atoms with Crippen molar-refractivity contribution in [3.05, 3.63) is 41.5 Å². The Morgan fingerprint density at radius 2 is 1.90 bits per heavy atom. The van der Waals surface area contributed by atoms with E-state index in [0.29, 0.717) is 12.0 Å². The fourth-order valence-corrected chi connectivity index (χ4v) is 3.48. The van der Waals surface area contributed by atoms with Gasteiger partial charge in [-0.15, -0.1) is 0 Å². The summed E-state index contributed by atoms with van der Waals surface area (Å²) in [6, 6.07) is 12.2. The zero-order chi connectivity index (χ0) is 14.7. The van der Waals surface area contributed by atoms with Gasteiger partial charge in [-0.2, -0.15) is 0 Å². The van der Waals surface area contributed by atoms with Crippen LogP contribution in [0.25, 0.3) is 6.08 Å². The molecule has 2 fully saturated rings. The van der Waals surface area contributed by atoms with Crippen molar-refractivity contribution in [1.29, 1.82) is 0 Å². The fraction of sp³-hybridized carbons (Fsp3) is 0.579. The van der Waals surface area contributed by atoms with E-state index in [0.717, 1.165) is 12.0 Å². The zero-order valence-electron chi connectivity index (χ0n) is 13.3. The van der Waals surface area contributed by atoms with E-state index in [2.05, 4.69) is 60.9 Å². The average molecular weight is 284 g/mol.